The van der Waals surface area contributed by atoms with Crippen LogP contribution < -0.4 is 11.5 Å². The summed E-state index contributed by atoms with van der Waals surface area (Å²) < 4.78 is 0. The number of nitrogens with two attached hydrogens (primary N) is 2. The van der Waals surface area contributed by atoms with Gasteiger partial charge in [0.05, 0.1) is 0 Å². The monoisotopic (exact) mass is 194 g/mol. The quantitative estimate of drug-likeness (QED) is 0.650. The molecule has 1 atom stereocenters. The first-order chi connectivity index (χ1) is 6.48. The Bertz CT molecular complexity index is 348. The van der Waals surface area contributed by atoms with Crippen molar-refractivity contribution in [1.82, 2.24) is 0 Å². The molecule has 0 aromatic heterocycles. The fraction of sp³-hybridized carbons (Fsp3) is 0.300. The highest BCUT2D eigenvalue weighted by Crippen LogP contribution is 2.18. The van der Waals surface area contributed by atoms with Gasteiger partial charge in [-0.3, -0.25) is 0 Å². The molecule has 1 aromatic carbocycles. The van der Waals surface area contributed by atoms with Crippen LogP contribution in [0, 0.1) is 0 Å². The molecule has 0 unspecified atom stereocenters. The van der Waals surface area contributed by atoms with Crippen molar-refractivity contribution >= 4 is 5.97 Å². The minimum Gasteiger partial charge on any atom is -0.480 e. The first kappa shape index (κ1) is 10.7. The molecular weight excluding hydrogens is 180 g/mol. The first-order valence-corrected chi connectivity index (χ1v) is 4.30. The minimum atomic E-state index is -1.36. The third-order valence-electron chi connectivity index (χ3n) is 2.21. The van der Waals surface area contributed by atoms with Gasteiger partial charge >= 0.3 is 5.97 Å². The smallest absolute Gasteiger partial charge is 0.328 e. The normalized spacial score (nSPS) is 14.8. The molecule has 4 nitrogen and oxygen atoms in total. The van der Waals surface area contributed by atoms with E-state index >= 15 is 0 Å². The van der Waals surface area contributed by atoms with E-state index in [9.17, 15) is 4.79 Å². The Balaban J connectivity index is 3.12. The van der Waals surface area contributed by atoms with E-state index in [0.29, 0.717) is 12.1 Å². The zero-order valence-corrected chi connectivity index (χ0v) is 8.03. The molecule has 0 bridgehead atoms. The van der Waals surface area contributed by atoms with Gasteiger partial charge in [0.15, 0.2) is 0 Å². The van der Waals surface area contributed by atoms with Crippen LogP contribution in [0.15, 0.2) is 24.3 Å². The molecule has 0 aliphatic carbocycles. The van der Waals surface area contributed by atoms with Crippen LogP contribution in [0.5, 0.6) is 0 Å². The molecule has 0 spiro atoms. The summed E-state index contributed by atoms with van der Waals surface area (Å²) in [6.07, 6.45) is 0. The highest BCUT2D eigenvalue weighted by Gasteiger charge is 2.29. The molecule has 0 fully saturated rings. The summed E-state index contributed by atoms with van der Waals surface area (Å²) in [6.45, 7) is 1.84. The molecule has 14 heavy (non-hydrogen) atoms. The third-order valence-corrected chi connectivity index (χ3v) is 2.21. The summed E-state index contributed by atoms with van der Waals surface area (Å²) >= 11 is 0. The molecule has 0 heterocycles. The van der Waals surface area contributed by atoms with Crippen LogP contribution in [0.4, 0.5) is 0 Å². The Morgan fingerprint density at radius 1 is 1.57 bits per heavy atom. The summed E-state index contributed by atoms with van der Waals surface area (Å²) in [5, 5.41) is 8.90. The maximum Gasteiger partial charge on any atom is 0.328 e. The van der Waals surface area contributed by atoms with Gasteiger partial charge < -0.3 is 16.6 Å². The number of carboxylic acid groups (broad SMARTS) is 1. The standard InChI is InChI=1S/C10H14N2O2/c1-10(12,9(13)14)8-4-2-3-7(5-8)6-11/h2-5H,6,11-12H2,1H3,(H,13,14)/t10-/m0/s1. The second kappa shape index (κ2) is 3.77. The Labute approximate surface area is 82.5 Å². The molecule has 76 valence electrons. The lowest BCUT2D eigenvalue weighted by Crippen LogP contribution is -2.41. The Kier molecular flexibility index (Phi) is 2.88. The minimum absolute atomic E-state index is 0.379. The molecule has 0 saturated heterocycles. The summed E-state index contributed by atoms with van der Waals surface area (Å²) in [5.74, 6) is -1.05. The van der Waals surface area contributed by atoms with Crippen molar-refractivity contribution in [2.75, 3.05) is 0 Å². The van der Waals surface area contributed by atoms with Crippen LogP contribution in [-0.4, -0.2) is 11.1 Å². The highest BCUT2D eigenvalue weighted by molar-refractivity contribution is 5.79. The second-order valence-corrected chi connectivity index (χ2v) is 3.41. The van der Waals surface area contributed by atoms with Gasteiger partial charge in [-0.15, -0.1) is 0 Å². The highest BCUT2D eigenvalue weighted by atomic mass is 16.4. The molecule has 1 aromatic rings. The summed E-state index contributed by atoms with van der Waals surface area (Å²) in [5.41, 5.74) is 11.2. The predicted octanol–water partition coefficient (Wildman–Crippen LogP) is 0.404. The number of benzene rings is 1. The zero-order valence-electron chi connectivity index (χ0n) is 8.03. The van der Waals surface area contributed by atoms with Crippen LogP contribution in [0.2, 0.25) is 0 Å². The SMILES string of the molecule is C[C@@](N)(C(=O)O)c1cccc(CN)c1. The third kappa shape index (κ3) is 1.92. The number of carbonyl (C=O) groups is 1. The molecule has 0 saturated carbocycles. The van der Waals surface area contributed by atoms with Gasteiger partial charge in [0.1, 0.15) is 5.54 Å². The molecule has 4 heteroatoms. The van der Waals surface area contributed by atoms with E-state index in [1.807, 2.05) is 6.07 Å². The van der Waals surface area contributed by atoms with E-state index < -0.39 is 11.5 Å². The van der Waals surface area contributed by atoms with E-state index in [4.69, 9.17) is 16.6 Å². The van der Waals surface area contributed by atoms with Gasteiger partial charge in [-0.1, -0.05) is 24.3 Å². The van der Waals surface area contributed by atoms with Crippen molar-refractivity contribution in [3.8, 4) is 0 Å². The van der Waals surface area contributed by atoms with Gasteiger partial charge in [-0.2, -0.15) is 0 Å². The first-order valence-electron chi connectivity index (χ1n) is 4.30. The summed E-state index contributed by atoms with van der Waals surface area (Å²) in [4.78, 5) is 10.9. The van der Waals surface area contributed by atoms with E-state index in [2.05, 4.69) is 0 Å². The lowest BCUT2D eigenvalue weighted by molar-refractivity contribution is -0.143. The molecule has 0 radical (unpaired) electrons. The molecule has 1 rings (SSSR count). The fourth-order valence-electron chi connectivity index (χ4n) is 1.14. The molecule has 0 aliphatic rings. The van der Waals surface area contributed by atoms with Crippen LogP contribution in [0.3, 0.4) is 0 Å². The van der Waals surface area contributed by atoms with Gasteiger partial charge in [0.2, 0.25) is 0 Å². The van der Waals surface area contributed by atoms with Crippen LogP contribution in [-0.2, 0) is 16.9 Å². The largest absolute Gasteiger partial charge is 0.480 e. The zero-order chi connectivity index (χ0) is 10.8. The van der Waals surface area contributed by atoms with Crippen molar-refractivity contribution in [3.63, 3.8) is 0 Å². The van der Waals surface area contributed by atoms with Crippen molar-refractivity contribution in [2.24, 2.45) is 11.5 Å². The number of rotatable bonds is 3. The number of aliphatic carboxylic acids is 1. The molecule has 0 amide bonds. The van der Waals surface area contributed by atoms with Crippen molar-refractivity contribution < 1.29 is 9.90 Å². The molecular formula is C10H14N2O2. The number of carboxylic acids is 1. The lowest BCUT2D eigenvalue weighted by atomic mass is 9.92. The van der Waals surface area contributed by atoms with Crippen molar-refractivity contribution in [1.29, 1.82) is 0 Å². The average molecular weight is 194 g/mol. The second-order valence-electron chi connectivity index (χ2n) is 3.41. The van der Waals surface area contributed by atoms with Gasteiger partial charge in [-0.05, 0) is 18.1 Å². The van der Waals surface area contributed by atoms with Crippen LogP contribution >= 0.6 is 0 Å². The maximum absolute atomic E-state index is 10.9. The van der Waals surface area contributed by atoms with E-state index in [1.165, 1.54) is 6.92 Å². The lowest BCUT2D eigenvalue weighted by Gasteiger charge is -2.20. The Morgan fingerprint density at radius 2 is 2.21 bits per heavy atom. The maximum atomic E-state index is 10.9. The van der Waals surface area contributed by atoms with Crippen molar-refractivity contribution in [3.05, 3.63) is 35.4 Å². The van der Waals surface area contributed by atoms with Crippen LogP contribution in [0.1, 0.15) is 18.1 Å². The van der Waals surface area contributed by atoms with E-state index in [1.54, 1.807) is 18.2 Å². The topological polar surface area (TPSA) is 89.3 Å². The van der Waals surface area contributed by atoms with Gasteiger partial charge in [0.25, 0.3) is 0 Å². The van der Waals surface area contributed by atoms with Crippen LogP contribution in [0.25, 0.3) is 0 Å². The van der Waals surface area contributed by atoms with E-state index in [0.717, 1.165) is 5.56 Å². The summed E-state index contributed by atoms with van der Waals surface area (Å²) in [7, 11) is 0. The predicted molar refractivity (Wildman–Crippen MR) is 53.5 cm³/mol. The van der Waals surface area contributed by atoms with Gasteiger partial charge in [-0.25, -0.2) is 4.79 Å². The number of hydrogen-bond acceptors (Lipinski definition) is 3. The van der Waals surface area contributed by atoms with Crippen molar-refractivity contribution in [2.45, 2.75) is 19.0 Å². The molecule has 0 aliphatic heterocycles. The summed E-state index contributed by atoms with van der Waals surface area (Å²) in [6, 6.07) is 6.99. The number of hydrogen-bond donors (Lipinski definition) is 3. The molecule has 5 N–H and O–H groups in total. The Hall–Kier alpha value is -1.39. The fourth-order valence-corrected chi connectivity index (χ4v) is 1.14. The average Bonchev–Trinajstić information content (AvgIpc) is 2.17. The van der Waals surface area contributed by atoms with E-state index in [-0.39, 0.29) is 0 Å². The Morgan fingerprint density at radius 3 is 2.71 bits per heavy atom. The van der Waals surface area contributed by atoms with Gasteiger partial charge in [0, 0.05) is 6.54 Å².